The number of nitrogens with one attached hydrogen (secondary N) is 2. The predicted molar refractivity (Wildman–Crippen MR) is 178 cm³/mol. The highest BCUT2D eigenvalue weighted by Crippen LogP contribution is 2.45. The number of nitrogens with zero attached hydrogens (tertiary/aromatic N) is 5. The summed E-state index contributed by atoms with van der Waals surface area (Å²) in [6, 6.07) is 9.35. The van der Waals surface area contributed by atoms with Crippen LogP contribution >= 0.6 is 11.3 Å². The van der Waals surface area contributed by atoms with Crippen molar-refractivity contribution in [1.82, 2.24) is 35.7 Å². The molecule has 0 bridgehead atoms. The van der Waals surface area contributed by atoms with E-state index in [1.165, 1.54) is 9.70 Å². The Bertz CT molecular complexity index is 1700. The number of allylic oxidation sites excluding steroid dienone is 1. The largest absolute Gasteiger partial charge is 0.479 e. The summed E-state index contributed by atoms with van der Waals surface area (Å²) >= 11 is 1.63. The second-order valence-corrected chi connectivity index (χ2v) is 14.7. The number of carbonyl (C=O) groups excluding carboxylic acids is 3. The number of alkyl carbamates (subject to hydrolysis) is 1. The molecule has 6 rings (SSSR count). The molecule has 48 heavy (non-hydrogen) atoms. The lowest BCUT2D eigenvalue weighted by Gasteiger charge is -2.30. The highest BCUT2D eigenvalue weighted by atomic mass is 32.1. The molecule has 4 heterocycles. The lowest BCUT2D eigenvalue weighted by molar-refractivity contribution is -0.145. The third kappa shape index (κ3) is 7.28. The van der Waals surface area contributed by atoms with Crippen LogP contribution in [-0.2, 0) is 19.1 Å². The van der Waals surface area contributed by atoms with Crippen LogP contribution in [0, 0.1) is 5.92 Å². The van der Waals surface area contributed by atoms with Gasteiger partial charge in [-0.3, -0.25) is 9.59 Å². The van der Waals surface area contributed by atoms with Crippen LogP contribution in [-0.4, -0.2) is 83.9 Å². The molecule has 0 radical (unpaired) electrons. The Hall–Kier alpha value is -4.59. The molecule has 3 amide bonds. The van der Waals surface area contributed by atoms with Crippen molar-refractivity contribution in [2.24, 2.45) is 5.92 Å². The van der Waals surface area contributed by atoms with Crippen LogP contribution in [0.1, 0.15) is 71.8 Å². The van der Waals surface area contributed by atoms with Crippen molar-refractivity contribution in [3.63, 3.8) is 0 Å². The van der Waals surface area contributed by atoms with Gasteiger partial charge in [0, 0.05) is 29.3 Å². The summed E-state index contributed by atoms with van der Waals surface area (Å²) in [6.45, 7) is 5.29. The average Bonchev–Trinajstić information content (AvgIpc) is 3.53. The number of carboxylic acids is 1. The molecule has 5 atom stereocenters. The molecule has 3 N–H and O–H groups in total. The molecule has 254 valence electrons. The van der Waals surface area contributed by atoms with Gasteiger partial charge in [0.15, 0.2) is 0 Å². The van der Waals surface area contributed by atoms with E-state index in [1.807, 2.05) is 53.9 Å². The molecule has 1 aliphatic carbocycles. The normalized spacial score (nSPS) is 27.1. The van der Waals surface area contributed by atoms with Gasteiger partial charge in [0.1, 0.15) is 23.2 Å². The first-order chi connectivity index (χ1) is 22.9. The topological polar surface area (TPSA) is 169 Å². The van der Waals surface area contributed by atoms with E-state index in [0.717, 1.165) is 35.3 Å². The molecular formula is C34H41N7O6S. The van der Waals surface area contributed by atoms with Crippen molar-refractivity contribution >= 4 is 35.2 Å². The highest BCUT2D eigenvalue weighted by molar-refractivity contribution is 7.13. The summed E-state index contributed by atoms with van der Waals surface area (Å²) in [6.07, 6.45) is 6.93. The van der Waals surface area contributed by atoms with Gasteiger partial charge in [-0.1, -0.05) is 49.3 Å². The Morgan fingerprint density at radius 2 is 1.94 bits per heavy atom. The second kappa shape index (κ2) is 13.5. The molecule has 1 aromatic carbocycles. The number of thiophene rings is 1. The predicted octanol–water partition coefficient (Wildman–Crippen LogP) is 4.58. The molecule has 2 aromatic heterocycles. The molecule has 1 saturated heterocycles. The van der Waals surface area contributed by atoms with Crippen LogP contribution in [0.4, 0.5) is 4.79 Å². The summed E-state index contributed by atoms with van der Waals surface area (Å²) < 4.78 is 5.47. The van der Waals surface area contributed by atoms with E-state index in [1.54, 1.807) is 32.1 Å². The number of aliphatic carboxylic acids is 1. The van der Waals surface area contributed by atoms with Crippen LogP contribution in [0.3, 0.4) is 0 Å². The summed E-state index contributed by atoms with van der Waals surface area (Å²) in [5.41, 5.74) is -0.406. The van der Waals surface area contributed by atoms with E-state index in [-0.39, 0.29) is 25.3 Å². The zero-order valence-electron chi connectivity index (χ0n) is 27.3. The number of amides is 3. The third-order valence-electron chi connectivity index (χ3n) is 9.01. The van der Waals surface area contributed by atoms with Crippen LogP contribution in [0.15, 0.2) is 53.9 Å². The van der Waals surface area contributed by atoms with E-state index in [2.05, 4.69) is 26.0 Å². The summed E-state index contributed by atoms with van der Waals surface area (Å²) in [5.74, 6) is -2.07. The smallest absolute Gasteiger partial charge is 0.408 e. The van der Waals surface area contributed by atoms with E-state index in [4.69, 9.17) is 4.74 Å². The number of aromatic nitrogens is 4. The standard InChI is InChI=1S/C34H41N7O6S/c1-33(2,3)47-32(46)35-25-14-8-6-4-5-7-13-23-19-34(23,31(44)45)36-29(42)26-18-24(20-40(26)30(25)43)41-38-28(37-39-41)22-12-9-11-21(17-22)27-15-10-16-48-27/h7,9-13,15-17,23-26H,4-6,8,14,18-20H2,1-3H3,(H,35,46)(H,36,42)(H,44,45)/b13-7-/t23-,24+,25-,26+,34+/m1/s1. The van der Waals surface area contributed by atoms with Gasteiger partial charge in [-0.05, 0) is 74.7 Å². The van der Waals surface area contributed by atoms with Crippen molar-refractivity contribution in [2.45, 2.75) is 95.0 Å². The Morgan fingerprint density at radius 1 is 1.12 bits per heavy atom. The fourth-order valence-electron chi connectivity index (χ4n) is 6.44. The molecule has 2 fully saturated rings. The average molecular weight is 676 g/mol. The summed E-state index contributed by atoms with van der Waals surface area (Å²) in [7, 11) is 0. The van der Waals surface area contributed by atoms with Crippen LogP contribution in [0.25, 0.3) is 21.8 Å². The van der Waals surface area contributed by atoms with Crippen LogP contribution in [0.5, 0.6) is 0 Å². The summed E-state index contributed by atoms with van der Waals surface area (Å²) in [5, 5.41) is 30.9. The number of rotatable bonds is 5. The first-order valence-electron chi connectivity index (χ1n) is 16.4. The SMILES string of the molecule is CC(C)(C)OC(=O)N[C@@H]1CCCCC/C=C\[C@@H]2C[C@]2(C(=O)O)NC(=O)[C@@H]2C[C@H](n3nnc(-c4cccc(-c5cccs5)c4)n3)CN2C1=O. The molecule has 13 nitrogen and oxygen atoms in total. The molecule has 3 aliphatic rings. The van der Waals surface area contributed by atoms with E-state index in [9.17, 15) is 24.3 Å². The van der Waals surface area contributed by atoms with Gasteiger partial charge in [0.2, 0.25) is 17.6 Å². The minimum Gasteiger partial charge on any atom is -0.479 e. The van der Waals surface area contributed by atoms with Crippen molar-refractivity contribution in [3.05, 3.63) is 53.9 Å². The zero-order valence-corrected chi connectivity index (χ0v) is 28.1. The first-order valence-corrected chi connectivity index (χ1v) is 17.3. The molecule has 1 saturated carbocycles. The van der Waals surface area contributed by atoms with Crippen molar-refractivity contribution in [1.29, 1.82) is 0 Å². The van der Waals surface area contributed by atoms with E-state index < -0.39 is 53.1 Å². The van der Waals surface area contributed by atoms with Crippen LogP contribution < -0.4 is 10.6 Å². The molecular weight excluding hydrogens is 634 g/mol. The molecule has 0 unspecified atom stereocenters. The molecule has 2 aliphatic heterocycles. The van der Waals surface area contributed by atoms with E-state index >= 15 is 0 Å². The van der Waals surface area contributed by atoms with Crippen molar-refractivity contribution in [3.8, 4) is 21.8 Å². The monoisotopic (exact) mass is 675 g/mol. The Morgan fingerprint density at radius 3 is 2.69 bits per heavy atom. The van der Waals surface area contributed by atoms with Gasteiger partial charge in [-0.25, -0.2) is 9.59 Å². The zero-order chi connectivity index (χ0) is 34.1. The number of hydrogen-bond donors (Lipinski definition) is 3. The molecule has 0 spiro atoms. The van der Waals surface area contributed by atoms with Gasteiger partial charge in [-0.2, -0.15) is 4.80 Å². The fraction of sp³-hybridized carbons (Fsp3) is 0.500. The van der Waals surface area contributed by atoms with Gasteiger partial charge < -0.3 is 25.4 Å². The van der Waals surface area contributed by atoms with Gasteiger partial charge in [0.25, 0.3) is 0 Å². The maximum Gasteiger partial charge on any atom is 0.408 e. The number of fused-ring (bicyclic) bond motifs is 2. The number of carboxylic acid groups (broad SMARTS) is 1. The van der Waals surface area contributed by atoms with Crippen molar-refractivity contribution < 1.29 is 29.0 Å². The Kier molecular flexibility index (Phi) is 9.37. The Labute approximate surface area is 282 Å². The second-order valence-electron chi connectivity index (χ2n) is 13.7. The van der Waals surface area contributed by atoms with Gasteiger partial charge >= 0.3 is 12.1 Å². The third-order valence-corrected chi connectivity index (χ3v) is 9.93. The number of hydrogen-bond acceptors (Lipinski definition) is 9. The quantitative estimate of drug-likeness (QED) is 0.328. The maximum absolute atomic E-state index is 14.3. The minimum atomic E-state index is -1.43. The van der Waals surface area contributed by atoms with Crippen LogP contribution in [0.2, 0.25) is 0 Å². The number of carbonyl (C=O) groups is 4. The lowest BCUT2D eigenvalue weighted by Crippen LogP contribution is -2.56. The Balaban J connectivity index is 1.29. The number of ether oxygens (including phenoxy) is 1. The van der Waals surface area contributed by atoms with Crippen molar-refractivity contribution in [2.75, 3.05) is 6.54 Å². The summed E-state index contributed by atoms with van der Waals surface area (Å²) in [4.78, 5) is 57.4. The highest BCUT2D eigenvalue weighted by Gasteiger charge is 2.61. The number of benzene rings is 1. The first kappa shape index (κ1) is 33.3. The van der Waals surface area contributed by atoms with Gasteiger partial charge in [-0.15, -0.1) is 21.5 Å². The molecule has 14 heteroatoms. The number of tetrazole rings is 1. The lowest BCUT2D eigenvalue weighted by atomic mass is 10.0. The van der Waals surface area contributed by atoms with Gasteiger partial charge in [0.05, 0.1) is 6.04 Å². The maximum atomic E-state index is 14.3. The minimum absolute atomic E-state index is 0.0673. The molecule has 3 aromatic rings. The fourth-order valence-corrected chi connectivity index (χ4v) is 7.17. The van der Waals surface area contributed by atoms with E-state index in [0.29, 0.717) is 18.7 Å².